The van der Waals surface area contributed by atoms with Crippen LogP contribution in [0.5, 0.6) is 0 Å². The molecule has 4 nitrogen and oxygen atoms in total. The highest BCUT2D eigenvalue weighted by Gasteiger charge is 2.23. The highest BCUT2D eigenvalue weighted by molar-refractivity contribution is 7.99. The summed E-state index contributed by atoms with van der Waals surface area (Å²) in [5.41, 5.74) is 2.97. The Hall–Kier alpha value is -2.01. The summed E-state index contributed by atoms with van der Waals surface area (Å²) in [7, 11) is 0. The molecule has 0 fully saturated rings. The Morgan fingerprint density at radius 3 is 2.90 bits per heavy atom. The largest absolute Gasteiger partial charge is 0.326 e. The van der Waals surface area contributed by atoms with Crippen LogP contribution >= 0.6 is 11.8 Å². The van der Waals surface area contributed by atoms with E-state index < -0.39 is 0 Å². The minimum absolute atomic E-state index is 0.103. The highest BCUT2D eigenvalue weighted by atomic mass is 32.2. The molecule has 0 saturated carbocycles. The van der Waals surface area contributed by atoms with Crippen molar-refractivity contribution in [2.45, 2.75) is 18.4 Å². The third-order valence-electron chi connectivity index (χ3n) is 3.45. The molecule has 1 aromatic heterocycles. The lowest BCUT2D eigenvalue weighted by atomic mass is 10.1. The molecule has 5 heteroatoms. The number of thioether (sulfide) groups is 1. The Morgan fingerprint density at radius 1 is 1.33 bits per heavy atom. The zero-order valence-electron chi connectivity index (χ0n) is 11.9. The first-order valence-corrected chi connectivity index (χ1v) is 8.02. The van der Waals surface area contributed by atoms with Gasteiger partial charge in [-0.2, -0.15) is 0 Å². The van der Waals surface area contributed by atoms with Gasteiger partial charge in [0.25, 0.3) is 0 Å². The number of aromatic nitrogens is 1. The number of nitrogens with zero attached hydrogens (tertiary/aromatic N) is 2. The molecule has 1 N–H and O–H groups in total. The minimum Gasteiger partial charge on any atom is -0.308 e. The van der Waals surface area contributed by atoms with Crippen molar-refractivity contribution in [3.8, 4) is 0 Å². The number of anilines is 2. The highest BCUT2D eigenvalue weighted by Crippen LogP contribution is 2.32. The van der Waals surface area contributed by atoms with Crippen molar-refractivity contribution < 1.29 is 4.79 Å². The van der Waals surface area contributed by atoms with Gasteiger partial charge in [0.2, 0.25) is 0 Å². The molecule has 1 aliphatic rings. The molecule has 0 spiro atoms. The third-order valence-corrected chi connectivity index (χ3v) is 4.43. The predicted octanol–water partition coefficient (Wildman–Crippen LogP) is 3.79. The first kappa shape index (κ1) is 13.9. The van der Waals surface area contributed by atoms with Crippen LogP contribution in [0.15, 0.2) is 47.6 Å². The summed E-state index contributed by atoms with van der Waals surface area (Å²) in [6.07, 6.45) is 2.76. The fraction of sp³-hybridized carbons (Fsp3) is 0.250. The molecule has 0 unspecified atom stereocenters. The lowest BCUT2D eigenvalue weighted by Crippen LogP contribution is -2.38. The van der Waals surface area contributed by atoms with Gasteiger partial charge in [0, 0.05) is 24.2 Å². The van der Waals surface area contributed by atoms with Gasteiger partial charge < -0.3 is 5.32 Å². The van der Waals surface area contributed by atoms with Gasteiger partial charge in [-0.15, -0.1) is 11.8 Å². The molecule has 2 amide bonds. The van der Waals surface area contributed by atoms with E-state index in [1.807, 2.05) is 36.4 Å². The number of hydrogen-bond acceptors (Lipinski definition) is 3. The Kier molecular flexibility index (Phi) is 4.10. The summed E-state index contributed by atoms with van der Waals surface area (Å²) in [6.45, 7) is 2.81. The van der Waals surface area contributed by atoms with Crippen LogP contribution < -0.4 is 10.2 Å². The number of pyridine rings is 1. The molecule has 3 rings (SSSR count). The van der Waals surface area contributed by atoms with E-state index in [4.69, 9.17) is 0 Å². The van der Waals surface area contributed by atoms with E-state index >= 15 is 0 Å². The summed E-state index contributed by atoms with van der Waals surface area (Å²) < 4.78 is 0. The lowest BCUT2D eigenvalue weighted by molar-refractivity contribution is 0.257. The summed E-state index contributed by atoms with van der Waals surface area (Å²) in [6, 6.07) is 11.7. The molecule has 0 radical (unpaired) electrons. The van der Waals surface area contributed by atoms with Crippen molar-refractivity contribution in [3.05, 3.63) is 48.2 Å². The van der Waals surface area contributed by atoms with Gasteiger partial charge in [-0.1, -0.05) is 19.1 Å². The van der Waals surface area contributed by atoms with Crippen molar-refractivity contribution in [2.75, 3.05) is 22.5 Å². The zero-order valence-corrected chi connectivity index (χ0v) is 12.7. The molecule has 0 aliphatic carbocycles. The summed E-state index contributed by atoms with van der Waals surface area (Å²) in [4.78, 5) is 18.5. The van der Waals surface area contributed by atoms with Crippen LogP contribution in [-0.2, 0) is 6.42 Å². The molecule has 108 valence electrons. The first-order valence-electron chi connectivity index (χ1n) is 7.03. The standard InChI is InChI=1S/C16H17N3OS/c1-2-12-5-7-13(8-6-12)18-16(20)19-10-11-21-15-14(19)4-3-9-17-15/h3-9H,2,10-11H2,1H3,(H,18,20). The number of carbonyl (C=O) groups is 1. The Balaban J connectivity index is 1.76. The smallest absolute Gasteiger partial charge is 0.308 e. The zero-order chi connectivity index (χ0) is 14.7. The van der Waals surface area contributed by atoms with Crippen LogP contribution in [0.3, 0.4) is 0 Å². The van der Waals surface area contributed by atoms with Crippen LogP contribution in [0.4, 0.5) is 16.2 Å². The number of aryl methyl sites for hydroxylation is 1. The van der Waals surface area contributed by atoms with Crippen molar-refractivity contribution in [1.82, 2.24) is 4.98 Å². The van der Waals surface area contributed by atoms with Crippen molar-refractivity contribution in [3.63, 3.8) is 0 Å². The molecule has 2 aromatic rings. The lowest BCUT2D eigenvalue weighted by Gasteiger charge is -2.28. The second-order valence-electron chi connectivity index (χ2n) is 4.81. The number of urea groups is 1. The van der Waals surface area contributed by atoms with E-state index in [0.717, 1.165) is 28.6 Å². The van der Waals surface area contributed by atoms with Gasteiger partial charge in [0.15, 0.2) is 0 Å². The Morgan fingerprint density at radius 2 is 2.14 bits per heavy atom. The van der Waals surface area contributed by atoms with Gasteiger partial charge in [0.05, 0.1) is 5.69 Å². The minimum atomic E-state index is -0.103. The second kappa shape index (κ2) is 6.18. The van der Waals surface area contributed by atoms with Gasteiger partial charge in [-0.05, 0) is 36.2 Å². The average Bonchev–Trinajstić information content (AvgIpc) is 2.55. The average molecular weight is 299 g/mol. The molecule has 2 heterocycles. The summed E-state index contributed by atoms with van der Waals surface area (Å²) in [5.74, 6) is 0.867. The molecule has 0 bridgehead atoms. The van der Waals surface area contributed by atoms with E-state index in [9.17, 15) is 4.79 Å². The number of rotatable bonds is 2. The first-order chi connectivity index (χ1) is 10.3. The van der Waals surface area contributed by atoms with E-state index in [1.165, 1.54) is 5.56 Å². The van der Waals surface area contributed by atoms with Crippen LogP contribution in [0.1, 0.15) is 12.5 Å². The Bertz CT molecular complexity index is 642. The van der Waals surface area contributed by atoms with E-state index in [1.54, 1.807) is 22.9 Å². The maximum absolute atomic E-state index is 12.5. The SMILES string of the molecule is CCc1ccc(NC(=O)N2CCSc3ncccc32)cc1. The number of fused-ring (bicyclic) bond motifs is 1. The van der Waals surface area contributed by atoms with Gasteiger partial charge in [-0.3, -0.25) is 4.90 Å². The maximum atomic E-state index is 12.5. The molecule has 1 aliphatic heterocycles. The number of hydrogen-bond donors (Lipinski definition) is 1. The quantitative estimate of drug-likeness (QED) is 0.917. The molecular weight excluding hydrogens is 282 g/mol. The Labute approximate surface area is 128 Å². The number of carbonyl (C=O) groups excluding carboxylic acids is 1. The van der Waals surface area contributed by atoms with Crippen molar-refractivity contribution >= 4 is 29.2 Å². The molecule has 21 heavy (non-hydrogen) atoms. The maximum Gasteiger partial charge on any atom is 0.326 e. The van der Waals surface area contributed by atoms with Gasteiger partial charge >= 0.3 is 6.03 Å². The fourth-order valence-corrected chi connectivity index (χ4v) is 3.21. The van der Waals surface area contributed by atoms with Crippen LogP contribution in [-0.4, -0.2) is 23.3 Å². The van der Waals surface area contributed by atoms with Crippen molar-refractivity contribution in [1.29, 1.82) is 0 Å². The van der Waals surface area contributed by atoms with Gasteiger partial charge in [0.1, 0.15) is 5.03 Å². The van der Waals surface area contributed by atoms with Crippen LogP contribution in [0.2, 0.25) is 0 Å². The normalized spacial score (nSPS) is 13.7. The van der Waals surface area contributed by atoms with E-state index in [2.05, 4.69) is 17.2 Å². The summed E-state index contributed by atoms with van der Waals surface area (Å²) >= 11 is 1.69. The fourth-order valence-electron chi connectivity index (χ4n) is 2.28. The van der Waals surface area contributed by atoms with E-state index in [0.29, 0.717) is 6.54 Å². The van der Waals surface area contributed by atoms with E-state index in [-0.39, 0.29) is 6.03 Å². The van der Waals surface area contributed by atoms with Gasteiger partial charge in [-0.25, -0.2) is 9.78 Å². The molecular formula is C16H17N3OS. The third kappa shape index (κ3) is 3.03. The molecule has 0 saturated heterocycles. The second-order valence-corrected chi connectivity index (χ2v) is 5.89. The summed E-state index contributed by atoms with van der Waals surface area (Å²) in [5, 5.41) is 3.87. The number of benzene rings is 1. The van der Waals surface area contributed by atoms with Crippen LogP contribution in [0, 0.1) is 0 Å². The van der Waals surface area contributed by atoms with Crippen molar-refractivity contribution in [2.24, 2.45) is 0 Å². The predicted molar refractivity (Wildman–Crippen MR) is 87.1 cm³/mol. The monoisotopic (exact) mass is 299 g/mol. The molecule has 1 aromatic carbocycles. The van der Waals surface area contributed by atoms with Crippen LogP contribution in [0.25, 0.3) is 0 Å². The topological polar surface area (TPSA) is 45.2 Å². The number of amides is 2. The number of nitrogens with one attached hydrogen (secondary N) is 1. The molecule has 0 atom stereocenters.